The lowest BCUT2D eigenvalue weighted by atomic mass is 9.85. The summed E-state index contributed by atoms with van der Waals surface area (Å²) in [6.07, 6.45) is 5.15. The fraction of sp³-hybridized carbons (Fsp3) is 0.600. The molecule has 0 aromatic heterocycles. The zero-order chi connectivity index (χ0) is 13.1. The lowest BCUT2D eigenvalue weighted by Gasteiger charge is -2.36. The first-order valence-corrected chi connectivity index (χ1v) is 6.82. The SMILES string of the molecule is CC1CCCCC1N(C)Cc1ccc(N)cc1F. The van der Waals surface area contributed by atoms with Crippen molar-refractivity contribution in [3.8, 4) is 0 Å². The van der Waals surface area contributed by atoms with Crippen LogP contribution in [0.1, 0.15) is 38.2 Å². The van der Waals surface area contributed by atoms with Gasteiger partial charge in [0.15, 0.2) is 0 Å². The van der Waals surface area contributed by atoms with Gasteiger partial charge in [0.1, 0.15) is 5.82 Å². The molecule has 2 nitrogen and oxygen atoms in total. The highest BCUT2D eigenvalue weighted by Crippen LogP contribution is 2.28. The number of nitrogen functional groups attached to an aromatic ring is 1. The van der Waals surface area contributed by atoms with E-state index in [1.807, 2.05) is 0 Å². The molecule has 0 spiro atoms. The van der Waals surface area contributed by atoms with Crippen LogP contribution in [-0.2, 0) is 6.54 Å². The van der Waals surface area contributed by atoms with Gasteiger partial charge in [-0.15, -0.1) is 0 Å². The Bertz CT molecular complexity index is 405. The number of hydrogen-bond donors (Lipinski definition) is 1. The van der Waals surface area contributed by atoms with Crippen LogP contribution in [0.15, 0.2) is 18.2 Å². The lowest BCUT2D eigenvalue weighted by Crippen LogP contribution is -2.38. The Kier molecular flexibility index (Phi) is 4.23. The number of halogens is 1. The lowest BCUT2D eigenvalue weighted by molar-refractivity contribution is 0.132. The Balaban J connectivity index is 2.03. The van der Waals surface area contributed by atoms with E-state index in [9.17, 15) is 4.39 Å². The van der Waals surface area contributed by atoms with E-state index in [-0.39, 0.29) is 5.82 Å². The van der Waals surface area contributed by atoms with Gasteiger partial charge in [0, 0.05) is 23.8 Å². The molecule has 0 radical (unpaired) electrons. The number of hydrogen-bond acceptors (Lipinski definition) is 2. The van der Waals surface area contributed by atoms with Gasteiger partial charge < -0.3 is 5.73 Å². The van der Waals surface area contributed by atoms with Gasteiger partial charge in [-0.05, 0) is 37.9 Å². The summed E-state index contributed by atoms with van der Waals surface area (Å²) in [7, 11) is 2.10. The van der Waals surface area contributed by atoms with Crippen molar-refractivity contribution in [3.63, 3.8) is 0 Å². The molecule has 0 aliphatic heterocycles. The topological polar surface area (TPSA) is 29.3 Å². The van der Waals surface area contributed by atoms with Crippen LogP contribution >= 0.6 is 0 Å². The highest BCUT2D eigenvalue weighted by molar-refractivity contribution is 5.40. The summed E-state index contributed by atoms with van der Waals surface area (Å²) in [4.78, 5) is 2.29. The van der Waals surface area contributed by atoms with Crippen LogP contribution in [0, 0.1) is 11.7 Å². The molecule has 1 aromatic carbocycles. The second-order valence-electron chi connectivity index (χ2n) is 5.60. The van der Waals surface area contributed by atoms with E-state index in [1.165, 1.54) is 31.7 Å². The molecular weight excluding hydrogens is 227 g/mol. The fourth-order valence-electron chi connectivity index (χ4n) is 3.03. The molecule has 1 aromatic rings. The first-order valence-electron chi connectivity index (χ1n) is 6.82. The molecule has 18 heavy (non-hydrogen) atoms. The molecule has 0 saturated heterocycles. The van der Waals surface area contributed by atoms with Crippen molar-refractivity contribution in [1.29, 1.82) is 0 Å². The van der Waals surface area contributed by atoms with E-state index >= 15 is 0 Å². The van der Waals surface area contributed by atoms with Crippen molar-refractivity contribution in [3.05, 3.63) is 29.6 Å². The molecule has 2 rings (SSSR count). The number of rotatable bonds is 3. The van der Waals surface area contributed by atoms with E-state index in [4.69, 9.17) is 5.73 Å². The average molecular weight is 250 g/mol. The average Bonchev–Trinajstić information content (AvgIpc) is 2.33. The Morgan fingerprint density at radius 3 is 2.72 bits per heavy atom. The maximum absolute atomic E-state index is 13.8. The molecule has 100 valence electrons. The highest BCUT2D eigenvalue weighted by Gasteiger charge is 2.25. The third-order valence-electron chi connectivity index (χ3n) is 4.13. The molecule has 1 fully saturated rings. The Labute approximate surface area is 109 Å². The summed E-state index contributed by atoms with van der Waals surface area (Å²) in [5.41, 5.74) is 6.80. The van der Waals surface area contributed by atoms with Crippen LogP contribution in [0.25, 0.3) is 0 Å². The molecule has 1 aliphatic rings. The first kappa shape index (κ1) is 13.3. The molecule has 2 N–H and O–H groups in total. The van der Waals surface area contributed by atoms with Crippen molar-refractivity contribution < 1.29 is 4.39 Å². The van der Waals surface area contributed by atoms with Crippen LogP contribution in [0.4, 0.5) is 10.1 Å². The van der Waals surface area contributed by atoms with Crippen LogP contribution in [0.5, 0.6) is 0 Å². The van der Waals surface area contributed by atoms with Gasteiger partial charge in [-0.2, -0.15) is 0 Å². The smallest absolute Gasteiger partial charge is 0.129 e. The quantitative estimate of drug-likeness (QED) is 0.833. The van der Waals surface area contributed by atoms with Gasteiger partial charge in [-0.3, -0.25) is 4.90 Å². The maximum atomic E-state index is 13.8. The van der Waals surface area contributed by atoms with Gasteiger partial charge in [0.2, 0.25) is 0 Å². The van der Waals surface area contributed by atoms with Crippen molar-refractivity contribution in [2.45, 2.75) is 45.2 Å². The van der Waals surface area contributed by atoms with Gasteiger partial charge in [-0.25, -0.2) is 4.39 Å². The van der Waals surface area contributed by atoms with Crippen LogP contribution in [0.3, 0.4) is 0 Å². The van der Waals surface area contributed by atoms with Crippen molar-refractivity contribution >= 4 is 5.69 Å². The van der Waals surface area contributed by atoms with E-state index in [0.29, 0.717) is 24.2 Å². The zero-order valence-corrected chi connectivity index (χ0v) is 11.3. The Hall–Kier alpha value is -1.09. The third-order valence-corrected chi connectivity index (χ3v) is 4.13. The minimum atomic E-state index is -0.190. The largest absolute Gasteiger partial charge is 0.399 e. The summed E-state index contributed by atoms with van der Waals surface area (Å²) in [5.74, 6) is 0.519. The van der Waals surface area contributed by atoms with Gasteiger partial charge in [-0.1, -0.05) is 25.8 Å². The number of nitrogens with zero attached hydrogens (tertiary/aromatic N) is 1. The summed E-state index contributed by atoms with van der Waals surface area (Å²) in [6.45, 7) is 2.97. The number of benzene rings is 1. The Morgan fingerprint density at radius 1 is 1.33 bits per heavy atom. The third kappa shape index (κ3) is 3.02. The predicted molar refractivity (Wildman–Crippen MR) is 73.7 cm³/mol. The second kappa shape index (κ2) is 5.70. The van der Waals surface area contributed by atoms with E-state index in [1.54, 1.807) is 12.1 Å². The molecular formula is C15H23FN2. The maximum Gasteiger partial charge on any atom is 0.129 e. The highest BCUT2D eigenvalue weighted by atomic mass is 19.1. The van der Waals surface area contributed by atoms with E-state index in [0.717, 1.165) is 5.56 Å². The van der Waals surface area contributed by atoms with Crippen LogP contribution in [-0.4, -0.2) is 18.0 Å². The number of anilines is 1. The fourth-order valence-corrected chi connectivity index (χ4v) is 3.03. The molecule has 1 aliphatic carbocycles. The molecule has 2 unspecified atom stereocenters. The molecule has 1 saturated carbocycles. The monoisotopic (exact) mass is 250 g/mol. The molecule has 0 bridgehead atoms. The summed E-state index contributed by atoms with van der Waals surface area (Å²) >= 11 is 0. The molecule has 2 atom stereocenters. The predicted octanol–water partition coefficient (Wildman–Crippen LogP) is 3.42. The normalized spacial score (nSPS) is 24.4. The standard InChI is InChI=1S/C15H23FN2/c1-11-5-3-4-6-15(11)18(2)10-12-7-8-13(17)9-14(12)16/h7-9,11,15H,3-6,10,17H2,1-2H3. The molecule has 0 heterocycles. The van der Waals surface area contributed by atoms with Crippen molar-refractivity contribution in [1.82, 2.24) is 4.90 Å². The zero-order valence-electron chi connectivity index (χ0n) is 11.3. The molecule has 3 heteroatoms. The first-order chi connectivity index (χ1) is 8.58. The minimum Gasteiger partial charge on any atom is -0.399 e. The van der Waals surface area contributed by atoms with Crippen LogP contribution < -0.4 is 5.73 Å². The van der Waals surface area contributed by atoms with Gasteiger partial charge in [0.05, 0.1) is 0 Å². The second-order valence-corrected chi connectivity index (χ2v) is 5.60. The number of nitrogens with two attached hydrogens (primary N) is 1. The summed E-state index contributed by atoms with van der Waals surface area (Å²) in [5, 5.41) is 0. The van der Waals surface area contributed by atoms with Gasteiger partial charge >= 0.3 is 0 Å². The van der Waals surface area contributed by atoms with Gasteiger partial charge in [0.25, 0.3) is 0 Å². The summed E-state index contributed by atoms with van der Waals surface area (Å²) < 4.78 is 13.8. The van der Waals surface area contributed by atoms with Crippen molar-refractivity contribution in [2.75, 3.05) is 12.8 Å². The van der Waals surface area contributed by atoms with Crippen LogP contribution in [0.2, 0.25) is 0 Å². The van der Waals surface area contributed by atoms with E-state index in [2.05, 4.69) is 18.9 Å². The molecule has 0 amide bonds. The minimum absolute atomic E-state index is 0.190. The van der Waals surface area contributed by atoms with E-state index < -0.39 is 0 Å². The summed E-state index contributed by atoms with van der Waals surface area (Å²) in [6, 6.07) is 5.56. The Morgan fingerprint density at radius 2 is 2.06 bits per heavy atom. The van der Waals surface area contributed by atoms with Crippen molar-refractivity contribution in [2.24, 2.45) is 5.92 Å².